The maximum Gasteiger partial charge on any atom is 0.191 e. The van der Waals surface area contributed by atoms with Crippen LogP contribution in [-0.2, 0) is 10.8 Å². The molecular weight excluding hydrogens is 280 g/mol. The molecule has 2 atom stereocenters. The summed E-state index contributed by atoms with van der Waals surface area (Å²) in [5.74, 6) is 1.64. The molecule has 5 nitrogen and oxygen atoms in total. The Balaban J connectivity index is 2.61. The first-order valence-corrected chi connectivity index (χ1v) is 9.14. The van der Waals surface area contributed by atoms with Crippen molar-refractivity contribution in [2.24, 2.45) is 0 Å². The molecule has 0 spiro atoms. The molecule has 108 valence electrons. The molecule has 7 heteroatoms. The molecule has 0 aromatic carbocycles. The molecule has 2 unspecified atom stereocenters. The molecule has 0 bridgehead atoms. The predicted octanol–water partition coefficient (Wildman–Crippen LogP) is 2.20. The molecule has 2 N–H and O–H groups in total. The maximum atomic E-state index is 11.3. The van der Waals surface area contributed by atoms with Crippen LogP contribution in [0, 0.1) is 0 Å². The van der Waals surface area contributed by atoms with Gasteiger partial charge in [0.05, 0.1) is 0 Å². The molecule has 0 fully saturated rings. The molecule has 0 radical (unpaired) electrons. The van der Waals surface area contributed by atoms with Crippen LogP contribution in [0.25, 0.3) is 0 Å². The van der Waals surface area contributed by atoms with Crippen LogP contribution in [0.5, 0.6) is 0 Å². The van der Waals surface area contributed by atoms with E-state index in [0.29, 0.717) is 0 Å². The van der Waals surface area contributed by atoms with E-state index >= 15 is 0 Å². The van der Waals surface area contributed by atoms with Gasteiger partial charge in [-0.1, -0.05) is 18.7 Å². The zero-order chi connectivity index (χ0) is 14.3. The highest BCUT2D eigenvalue weighted by Crippen LogP contribution is 2.17. The highest BCUT2D eigenvalue weighted by Gasteiger charge is 2.07. The van der Waals surface area contributed by atoms with E-state index < -0.39 is 10.8 Å². The number of thioether (sulfide) groups is 1. The number of nitrogens with zero attached hydrogens (tertiary/aromatic N) is 2. The fourth-order valence-electron chi connectivity index (χ4n) is 1.45. The summed E-state index contributed by atoms with van der Waals surface area (Å²) in [6, 6.07) is 1.90. The second kappa shape index (κ2) is 8.37. The van der Waals surface area contributed by atoms with Gasteiger partial charge in [0.25, 0.3) is 0 Å². The lowest BCUT2D eigenvalue weighted by Gasteiger charge is -2.11. The van der Waals surface area contributed by atoms with Crippen molar-refractivity contribution in [2.75, 3.05) is 36.2 Å². The summed E-state index contributed by atoms with van der Waals surface area (Å²) in [5.41, 5.74) is 0. The van der Waals surface area contributed by atoms with Crippen molar-refractivity contribution < 1.29 is 4.21 Å². The first kappa shape index (κ1) is 16.2. The molecule has 19 heavy (non-hydrogen) atoms. The standard InChI is InChI=1S/C12H22N4OS2/c1-5-13-10-8-11(16-12(15-10)18-3)14-7-6-9(2)19(4)17/h8-9H,5-7H2,1-4H3,(H2,13,14,15,16). The van der Waals surface area contributed by atoms with E-state index in [9.17, 15) is 4.21 Å². The van der Waals surface area contributed by atoms with Gasteiger partial charge in [0.15, 0.2) is 5.16 Å². The van der Waals surface area contributed by atoms with Crippen molar-refractivity contribution in [3.8, 4) is 0 Å². The van der Waals surface area contributed by atoms with Gasteiger partial charge in [-0.05, 0) is 19.6 Å². The molecule has 0 aliphatic rings. The summed E-state index contributed by atoms with van der Waals surface area (Å²) in [6.07, 6.45) is 4.56. The number of nitrogens with one attached hydrogen (secondary N) is 2. The fourth-order valence-corrected chi connectivity index (χ4v) is 2.28. The molecule has 1 heterocycles. The Morgan fingerprint density at radius 1 is 1.37 bits per heavy atom. The number of hydrogen-bond acceptors (Lipinski definition) is 6. The van der Waals surface area contributed by atoms with Gasteiger partial charge in [-0.3, -0.25) is 4.21 Å². The molecule has 0 saturated carbocycles. The fraction of sp³-hybridized carbons (Fsp3) is 0.667. The van der Waals surface area contributed by atoms with E-state index in [1.54, 1.807) is 6.26 Å². The molecule has 1 rings (SSSR count). The number of aromatic nitrogens is 2. The van der Waals surface area contributed by atoms with E-state index in [1.807, 2.05) is 26.2 Å². The van der Waals surface area contributed by atoms with Crippen molar-refractivity contribution in [3.05, 3.63) is 6.07 Å². The lowest BCUT2D eigenvalue weighted by atomic mass is 10.3. The van der Waals surface area contributed by atoms with Crippen molar-refractivity contribution >= 4 is 34.2 Å². The average Bonchev–Trinajstić information content (AvgIpc) is 2.38. The third kappa shape index (κ3) is 5.78. The predicted molar refractivity (Wildman–Crippen MR) is 84.6 cm³/mol. The Morgan fingerprint density at radius 2 is 2.00 bits per heavy atom. The van der Waals surface area contributed by atoms with Gasteiger partial charge in [-0.25, -0.2) is 9.97 Å². The summed E-state index contributed by atoms with van der Waals surface area (Å²) in [4.78, 5) is 8.77. The van der Waals surface area contributed by atoms with Crippen molar-refractivity contribution in [1.82, 2.24) is 9.97 Å². The highest BCUT2D eigenvalue weighted by molar-refractivity contribution is 7.98. The van der Waals surface area contributed by atoms with Crippen LogP contribution >= 0.6 is 11.8 Å². The van der Waals surface area contributed by atoms with E-state index in [1.165, 1.54) is 11.8 Å². The molecule has 0 aliphatic heterocycles. The second-order valence-electron chi connectivity index (χ2n) is 4.18. The Labute approximate surface area is 121 Å². The first-order valence-electron chi connectivity index (χ1n) is 6.29. The third-order valence-corrected chi connectivity index (χ3v) is 4.59. The van der Waals surface area contributed by atoms with Crippen LogP contribution in [0.15, 0.2) is 11.2 Å². The SMILES string of the molecule is CCNc1cc(NCCC(C)S(C)=O)nc(SC)n1. The minimum Gasteiger partial charge on any atom is -0.370 e. The van der Waals surface area contributed by atoms with E-state index in [0.717, 1.165) is 36.3 Å². The quantitative estimate of drug-likeness (QED) is 0.567. The third-order valence-electron chi connectivity index (χ3n) is 2.67. The topological polar surface area (TPSA) is 66.9 Å². The molecule has 1 aromatic rings. The van der Waals surface area contributed by atoms with Crippen LogP contribution in [0.2, 0.25) is 0 Å². The monoisotopic (exact) mass is 302 g/mol. The smallest absolute Gasteiger partial charge is 0.191 e. The molecule has 1 aromatic heterocycles. The summed E-state index contributed by atoms with van der Waals surface area (Å²) < 4.78 is 11.3. The molecule has 0 saturated heterocycles. The zero-order valence-electron chi connectivity index (χ0n) is 11.9. The Kier molecular flexibility index (Phi) is 7.15. The lowest BCUT2D eigenvalue weighted by Crippen LogP contribution is -2.15. The zero-order valence-corrected chi connectivity index (χ0v) is 13.5. The van der Waals surface area contributed by atoms with E-state index in [-0.39, 0.29) is 5.25 Å². The summed E-state index contributed by atoms with van der Waals surface area (Å²) >= 11 is 1.52. The normalized spacial score (nSPS) is 13.9. The van der Waals surface area contributed by atoms with E-state index in [2.05, 4.69) is 20.6 Å². The Morgan fingerprint density at radius 3 is 2.53 bits per heavy atom. The van der Waals surface area contributed by atoms with Crippen LogP contribution in [0.4, 0.5) is 11.6 Å². The number of rotatable bonds is 8. The number of anilines is 2. The van der Waals surface area contributed by atoms with Gasteiger partial charge >= 0.3 is 0 Å². The van der Waals surface area contributed by atoms with Gasteiger partial charge in [0.2, 0.25) is 0 Å². The van der Waals surface area contributed by atoms with Crippen LogP contribution < -0.4 is 10.6 Å². The van der Waals surface area contributed by atoms with Crippen molar-refractivity contribution in [1.29, 1.82) is 0 Å². The van der Waals surface area contributed by atoms with Crippen LogP contribution in [0.3, 0.4) is 0 Å². The number of hydrogen-bond donors (Lipinski definition) is 2. The van der Waals surface area contributed by atoms with Gasteiger partial charge in [-0.15, -0.1) is 0 Å². The van der Waals surface area contributed by atoms with Gasteiger partial charge in [0, 0.05) is 41.5 Å². The van der Waals surface area contributed by atoms with E-state index in [4.69, 9.17) is 0 Å². The minimum absolute atomic E-state index is 0.197. The van der Waals surface area contributed by atoms with Gasteiger partial charge in [-0.2, -0.15) is 0 Å². The first-order chi connectivity index (χ1) is 9.06. The Bertz CT molecular complexity index is 428. The van der Waals surface area contributed by atoms with Crippen LogP contribution in [-0.4, -0.2) is 45.0 Å². The summed E-state index contributed by atoms with van der Waals surface area (Å²) in [5, 5.41) is 7.39. The highest BCUT2D eigenvalue weighted by atomic mass is 32.2. The molecule has 0 amide bonds. The van der Waals surface area contributed by atoms with Crippen LogP contribution in [0.1, 0.15) is 20.3 Å². The lowest BCUT2D eigenvalue weighted by molar-refractivity contribution is 0.672. The average molecular weight is 302 g/mol. The van der Waals surface area contributed by atoms with Crippen molar-refractivity contribution in [2.45, 2.75) is 30.7 Å². The van der Waals surface area contributed by atoms with Crippen molar-refractivity contribution in [3.63, 3.8) is 0 Å². The largest absolute Gasteiger partial charge is 0.370 e. The molecular formula is C12H22N4OS2. The summed E-state index contributed by atoms with van der Waals surface area (Å²) in [6.45, 7) is 5.62. The Hall–Kier alpha value is -0.820. The maximum absolute atomic E-state index is 11.3. The van der Waals surface area contributed by atoms with Gasteiger partial charge in [0.1, 0.15) is 11.6 Å². The summed E-state index contributed by atoms with van der Waals surface area (Å²) in [7, 11) is -0.771. The second-order valence-corrected chi connectivity index (χ2v) is 6.76. The minimum atomic E-state index is -0.771. The van der Waals surface area contributed by atoms with Gasteiger partial charge < -0.3 is 10.6 Å². The molecule has 0 aliphatic carbocycles.